The number of nitrogens with zero attached hydrogens (tertiary/aromatic N) is 1. The van der Waals surface area contributed by atoms with Crippen LogP contribution in [0.2, 0.25) is 0 Å². The van der Waals surface area contributed by atoms with Crippen LogP contribution in [0.25, 0.3) is 0 Å². The third-order valence-corrected chi connectivity index (χ3v) is 2.68. The minimum absolute atomic E-state index is 0.297. The zero-order chi connectivity index (χ0) is 13.1. The zero-order valence-corrected chi connectivity index (χ0v) is 9.83. The van der Waals surface area contributed by atoms with E-state index in [1.165, 1.54) is 18.2 Å². The van der Waals surface area contributed by atoms with Gasteiger partial charge in [0.25, 0.3) is 0 Å². The van der Waals surface area contributed by atoms with Crippen molar-refractivity contribution >= 4 is 5.69 Å². The van der Waals surface area contributed by atoms with E-state index in [1.54, 1.807) is 24.1 Å². The minimum Gasteiger partial charge on any atom is -0.370 e. The number of hydrogen-bond acceptors (Lipinski definition) is 1. The van der Waals surface area contributed by atoms with Gasteiger partial charge in [-0.2, -0.15) is 0 Å². The summed E-state index contributed by atoms with van der Waals surface area (Å²) in [7, 11) is 1.76. The fourth-order valence-corrected chi connectivity index (χ4v) is 1.68. The van der Waals surface area contributed by atoms with Gasteiger partial charge in [-0.05, 0) is 29.8 Å². The number of benzene rings is 2. The maximum absolute atomic E-state index is 13.1. The number of hydrogen-bond donors (Lipinski definition) is 0. The van der Waals surface area contributed by atoms with E-state index in [4.69, 9.17) is 0 Å². The summed E-state index contributed by atoms with van der Waals surface area (Å²) in [5, 5.41) is 0. The molecule has 0 heterocycles. The highest BCUT2D eigenvalue weighted by Crippen LogP contribution is 2.18. The van der Waals surface area contributed by atoms with Crippen LogP contribution < -0.4 is 4.90 Å². The number of anilines is 1. The second-order valence-electron chi connectivity index (χ2n) is 4.08. The summed E-state index contributed by atoms with van der Waals surface area (Å²) in [5.41, 5.74) is 1.46. The number of halogens is 3. The van der Waals surface area contributed by atoms with Crippen LogP contribution in [0.5, 0.6) is 0 Å². The molecule has 0 unspecified atom stereocenters. The Morgan fingerprint density at radius 2 is 1.56 bits per heavy atom. The normalized spacial score (nSPS) is 10.4. The van der Waals surface area contributed by atoms with Gasteiger partial charge in [0.15, 0.2) is 11.6 Å². The van der Waals surface area contributed by atoms with Gasteiger partial charge in [-0.25, -0.2) is 13.2 Å². The summed E-state index contributed by atoms with van der Waals surface area (Å²) in [6, 6.07) is 9.78. The lowest BCUT2D eigenvalue weighted by Gasteiger charge is -2.19. The van der Waals surface area contributed by atoms with E-state index in [1.807, 2.05) is 0 Å². The largest absolute Gasteiger partial charge is 0.370 e. The molecule has 1 nitrogen and oxygen atoms in total. The molecular formula is C14H12F3N. The fourth-order valence-electron chi connectivity index (χ4n) is 1.68. The van der Waals surface area contributed by atoms with Crippen molar-refractivity contribution in [3.05, 3.63) is 65.5 Å². The second-order valence-corrected chi connectivity index (χ2v) is 4.08. The average molecular weight is 251 g/mol. The lowest BCUT2D eigenvalue weighted by Crippen LogP contribution is -2.16. The molecule has 0 aliphatic rings. The van der Waals surface area contributed by atoms with E-state index in [2.05, 4.69) is 0 Å². The quantitative estimate of drug-likeness (QED) is 0.803. The van der Waals surface area contributed by atoms with Crippen molar-refractivity contribution in [3.8, 4) is 0 Å². The van der Waals surface area contributed by atoms with Crippen LogP contribution >= 0.6 is 0 Å². The maximum atomic E-state index is 13.1. The van der Waals surface area contributed by atoms with E-state index in [-0.39, 0.29) is 5.82 Å². The van der Waals surface area contributed by atoms with Crippen molar-refractivity contribution in [1.82, 2.24) is 0 Å². The Kier molecular flexibility index (Phi) is 3.55. The van der Waals surface area contributed by atoms with E-state index in [0.717, 1.165) is 17.7 Å². The second kappa shape index (κ2) is 5.12. The van der Waals surface area contributed by atoms with Gasteiger partial charge in [0.05, 0.1) is 0 Å². The molecule has 0 radical (unpaired) electrons. The van der Waals surface area contributed by atoms with Gasteiger partial charge in [0.2, 0.25) is 0 Å². The van der Waals surface area contributed by atoms with E-state index < -0.39 is 11.6 Å². The van der Waals surface area contributed by atoms with Crippen molar-refractivity contribution in [3.63, 3.8) is 0 Å². The third kappa shape index (κ3) is 2.83. The van der Waals surface area contributed by atoms with Gasteiger partial charge < -0.3 is 4.90 Å². The summed E-state index contributed by atoms with van der Waals surface area (Å²) in [4.78, 5) is 1.76. The topological polar surface area (TPSA) is 3.24 Å². The highest BCUT2D eigenvalue weighted by molar-refractivity contribution is 5.46. The molecule has 2 aromatic rings. The van der Waals surface area contributed by atoms with E-state index >= 15 is 0 Å². The first-order valence-electron chi connectivity index (χ1n) is 5.47. The summed E-state index contributed by atoms with van der Waals surface area (Å²) in [6.07, 6.45) is 0. The zero-order valence-electron chi connectivity index (χ0n) is 9.83. The summed E-state index contributed by atoms with van der Waals surface area (Å²) in [5.74, 6) is -2.04. The molecule has 0 amide bonds. The molecule has 0 bridgehead atoms. The summed E-state index contributed by atoms with van der Waals surface area (Å²) < 4.78 is 38.6. The van der Waals surface area contributed by atoms with Crippen molar-refractivity contribution in [2.45, 2.75) is 6.54 Å². The van der Waals surface area contributed by atoms with Crippen molar-refractivity contribution in [2.75, 3.05) is 11.9 Å². The van der Waals surface area contributed by atoms with E-state index in [9.17, 15) is 13.2 Å². The molecule has 0 saturated heterocycles. The van der Waals surface area contributed by atoms with Crippen LogP contribution in [0.3, 0.4) is 0 Å². The first-order chi connectivity index (χ1) is 8.56. The van der Waals surface area contributed by atoms with Crippen LogP contribution in [0.1, 0.15) is 5.56 Å². The molecule has 0 aromatic heterocycles. The Bertz CT molecular complexity index is 537. The average Bonchev–Trinajstić information content (AvgIpc) is 2.35. The molecule has 0 spiro atoms. The first-order valence-corrected chi connectivity index (χ1v) is 5.47. The number of rotatable bonds is 3. The first kappa shape index (κ1) is 12.5. The molecule has 0 aliphatic carbocycles. The van der Waals surface area contributed by atoms with Crippen LogP contribution in [0.4, 0.5) is 18.9 Å². The van der Waals surface area contributed by atoms with Crippen molar-refractivity contribution in [2.24, 2.45) is 0 Å². The molecule has 0 fully saturated rings. The standard InChI is InChI=1S/C14H12F3N/c1-18(9-10-2-4-11(15)5-3-10)12-6-7-13(16)14(17)8-12/h2-8H,9H2,1H3. The Balaban J connectivity index is 2.13. The van der Waals surface area contributed by atoms with Gasteiger partial charge in [0, 0.05) is 25.3 Å². The Morgan fingerprint density at radius 3 is 2.17 bits per heavy atom. The van der Waals surface area contributed by atoms with Gasteiger partial charge >= 0.3 is 0 Å². The van der Waals surface area contributed by atoms with Crippen LogP contribution in [0.15, 0.2) is 42.5 Å². The molecule has 4 heteroatoms. The SMILES string of the molecule is CN(Cc1ccc(F)cc1)c1ccc(F)c(F)c1. The molecular weight excluding hydrogens is 239 g/mol. The van der Waals surface area contributed by atoms with Crippen LogP contribution in [0, 0.1) is 17.5 Å². The highest BCUT2D eigenvalue weighted by Gasteiger charge is 2.07. The molecule has 0 saturated carbocycles. The van der Waals surface area contributed by atoms with Gasteiger partial charge in [-0.15, -0.1) is 0 Å². The highest BCUT2D eigenvalue weighted by atomic mass is 19.2. The fraction of sp³-hybridized carbons (Fsp3) is 0.143. The predicted molar refractivity (Wildman–Crippen MR) is 64.9 cm³/mol. The van der Waals surface area contributed by atoms with Crippen LogP contribution in [-0.4, -0.2) is 7.05 Å². The molecule has 0 N–H and O–H groups in total. The Morgan fingerprint density at radius 1 is 0.889 bits per heavy atom. The van der Waals surface area contributed by atoms with Crippen molar-refractivity contribution < 1.29 is 13.2 Å². The summed E-state index contributed by atoms with van der Waals surface area (Å²) in [6.45, 7) is 0.491. The van der Waals surface area contributed by atoms with Gasteiger partial charge in [-0.1, -0.05) is 12.1 Å². The lowest BCUT2D eigenvalue weighted by atomic mass is 10.2. The summed E-state index contributed by atoms with van der Waals surface area (Å²) >= 11 is 0. The van der Waals surface area contributed by atoms with Crippen molar-refractivity contribution in [1.29, 1.82) is 0 Å². The molecule has 2 aromatic carbocycles. The third-order valence-electron chi connectivity index (χ3n) is 2.68. The molecule has 0 atom stereocenters. The maximum Gasteiger partial charge on any atom is 0.160 e. The predicted octanol–water partition coefficient (Wildman–Crippen LogP) is 3.74. The van der Waals surface area contributed by atoms with Crippen LogP contribution in [-0.2, 0) is 6.54 Å². The minimum atomic E-state index is -0.876. The lowest BCUT2D eigenvalue weighted by molar-refractivity contribution is 0.508. The molecule has 2 rings (SSSR count). The Labute approximate surface area is 103 Å². The van der Waals surface area contributed by atoms with Gasteiger partial charge in [0.1, 0.15) is 5.82 Å². The molecule has 94 valence electrons. The Hall–Kier alpha value is -1.97. The van der Waals surface area contributed by atoms with Gasteiger partial charge in [-0.3, -0.25) is 0 Å². The monoisotopic (exact) mass is 251 g/mol. The molecule has 18 heavy (non-hydrogen) atoms. The van der Waals surface area contributed by atoms with E-state index in [0.29, 0.717) is 12.2 Å². The molecule has 0 aliphatic heterocycles. The smallest absolute Gasteiger partial charge is 0.160 e.